The van der Waals surface area contributed by atoms with Crippen molar-refractivity contribution < 1.29 is 4.79 Å². The zero-order valence-corrected chi connectivity index (χ0v) is 13.0. The van der Waals surface area contributed by atoms with Gasteiger partial charge in [-0.1, -0.05) is 17.8 Å². The summed E-state index contributed by atoms with van der Waals surface area (Å²) in [4.78, 5) is 16.9. The second-order valence-electron chi connectivity index (χ2n) is 4.08. The maximum atomic E-state index is 12.1. The minimum absolute atomic E-state index is 0.179. The monoisotopic (exact) mass is 340 g/mol. The lowest BCUT2D eigenvalue weighted by molar-refractivity contribution is 0.102. The SMILES string of the molecule is CCCc1nnsc1C(=O)Nc1cnc(Br)c(C)c1. The van der Waals surface area contributed by atoms with Gasteiger partial charge in [0.1, 0.15) is 9.48 Å². The number of aromatic nitrogens is 3. The molecule has 0 unspecified atom stereocenters. The van der Waals surface area contributed by atoms with Crippen LogP contribution in [0.1, 0.15) is 34.3 Å². The molecule has 0 bridgehead atoms. The molecular weight excluding hydrogens is 328 g/mol. The van der Waals surface area contributed by atoms with Crippen LogP contribution in [-0.2, 0) is 6.42 Å². The summed E-state index contributed by atoms with van der Waals surface area (Å²) in [7, 11) is 0. The van der Waals surface area contributed by atoms with E-state index >= 15 is 0 Å². The number of rotatable bonds is 4. The second-order valence-corrected chi connectivity index (χ2v) is 5.59. The van der Waals surface area contributed by atoms with Gasteiger partial charge in [0.2, 0.25) is 0 Å². The van der Waals surface area contributed by atoms with Crippen LogP contribution in [0.25, 0.3) is 0 Å². The quantitative estimate of drug-likeness (QED) is 0.867. The molecule has 1 amide bonds. The summed E-state index contributed by atoms with van der Waals surface area (Å²) < 4.78 is 4.62. The van der Waals surface area contributed by atoms with E-state index in [1.807, 2.05) is 19.9 Å². The number of aryl methyl sites for hydroxylation is 2. The Hall–Kier alpha value is -1.34. The van der Waals surface area contributed by atoms with Gasteiger partial charge in [-0.2, -0.15) is 0 Å². The molecular formula is C12H13BrN4OS. The summed E-state index contributed by atoms with van der Waals surface area (Å²) in [5.74, 6) is -0.179. The fourth-order valence-corrected chi connectivity index (χ4v) is 2.42. The highest BCUT2D eigenvalue weighted by Crippen LogP contribution is 2.19. The molecule has 0 radical (unpaired) electrons. The van der Waals surface area contributed by atoms with Crippen molar-refractivity contribution in [2.45, 2.75) is 26.7 Å². The smallest absolute Gasteiger partial charge is 0.269 e. The zero-order chi connectivity index (χ0) is 13.8. The number of carbonyl (C=O) groups is 1. The first-order chi connectivity index (χ1) is 9.11. The van der Waals surface area contributed by atoms with E-state index in [1.54, 1.807) is 6.20 Å². The van der Waals surface area contributed by atoms with Crippen LogP contribution in [0.2, 0.25) is 0 Å². The number of anilines is 1. The van der Waals surface area contributed by atoms with Crippen molar-refractivity contribution in [2.75, 3.05) is 5.32 Å². The van der Waals surface area contributed by atoms with E-state index in [9.17, 15) is 4.79 Å². The number of nitrogens with one attached hydrogen (secondary N) is 1. The third-order valence-corrected chi connectivity index (χ3v) is 4.12. The molecule has 2 heterocycles. The average Bonchev–Trinajstić information content (AvgIpc) is 2.83. The van der Waals surface area contributed by atoms with Gasteiger partial charge in [-0.25, -0.2) is 4.98 Å². The lowest BCUT2D eigenvalue weighted by Crippen LogP contribution is -2.13. The van der Waals surface area contributed by atoms with Crippen molar-refractivity contribution >= 4 is 39.1 Å². The van der Waals surface area contributed by atoms with Gasteiger partial charge < -0.3 is 5.32 Å². The Bertz CT molecular complexity index is 599. The van der Waals surface area contributed by atoms with Gasteiger partial charge >= 0.3 is 0 Å². The minimum atomic E-state index is -0.179. The molecule has 0 spiro atoms. The first kappa shape index (κ1) is 14.1. The lowest BCUT2D eigenvalue weighted by atomic mass is 10.2. The molecule has 0 aliphatic heterocycles. The Kier molecular flexibility index (Phi) is 4.60. The first-order valence-electron chi connectivity index (χ1n) is 5.86. The molecule has 5 nitrogen and oxygen atoms in total. The van der Waals surface area contributed by atoms with Crippen molar-refractivity contribution in [2.24, 2.45) is 0 Å². The topological polar surface area (TPSA) is 67.8 Å². The van der Waals surface area contributed by atoms with Crippen molar-refractivity contribution in [1.29, 1.82) is 0 Å². The molecule has 19 heavy (non-hydrogen) atoms. The third kappa shape index (κ3) is 3.36. The Morgan fingerprint density at radius 1 is 1.53 bits per heavy atom. The normalized spacial score (nSPS) is 10.5. The minimum Gasteiger partial charge on any atom is -0.320 e. The highest BCUT2D eigenvalue weighted by Gasteiger charge is 2.16. The van der Waals surface area contributed by atoms with Crippen LogP contribution in [0.5, 0.6) is 0 Å². The molecule has 0 atom stereocenters. The molecule has 100 valence electrons. The Morgan fingerprint density at radius 2 is 2.32 bits per heavy atom. The summed E-state index contributed by atoms with van der Waals surface area (Å²) >= 11 is 4.45. The molecule has 0 saturated heterocycles. The number of hydrogen-bond acceptors (Lipinski definition) is 5. The molecule has 2 rings (SSSR count). The zero-order valence-electron chi connectivity index (χ0n) is 10.6. The Morgan fingerprint density at radius 3 is 3.00 bits per heavy atom. The Labute approximate surface area is 123 Å². The average molecular weight is 341 g/mol. The van der Waals surface area contributed by atoms with E-state index in [0.29, 0.717) is 10.6 Å². The van der Waals surface area contributed by atoms with Gasteiger partial charge in [-0.3, -0.25) is 4.79 Å². The summed E-state index contributed by atoms with van der Waals surface area (Å²) in [5.41, 5.74) is 2.39. The summed E-state index contributed by atoms with van der Waals surface area (Å²) in [6, 6.07) is 1.86. The number of halogens is 1. The van der Waals surface area contributed by atoms with Crippen LogP contribution in [0.4, 0.5) is 5.69 Å². The van der Waals surface area contributed by atoms with E-state index in [4.69, 9.17) is 0 Å². The van der Waals surface area contributed by atoms with Crippen LogP contribution in [-0.4, -0.2) is 20.5 Å². The number of nitrogens with zero attached hydrogens (tertiary/aromatic N) is 3. The van der Waals surface area contributed by atoms with Crippen LogP contribution >= 0.6 is 27.5 Å². The van der Waals surface area contributed by atoms with Crippen LogP contribution in [0.3, 0.4) is 0 Å². The maximum Gasteiger partial charge on any atom is 0.269 e. The number of amides is 1. The first-order valence-corrected chi connectivity index (χ1v) is 7.43. The van der Waals surface area contributed by atoms with Gasteiger partial charge in [0, 0.05) is 0 Å². The standard InChI is InChI=1S/C12H13BrN4OS/c1-3-4-9-10(19-17-16-9)12(18)15-8-5-7(2)11(13)14-6-8/h5-6H,3-4H2,1-2H3,(H,15,18). The van der Waals surface area contributed by atoms with E-state index in [0.717, 1.165) is 40.2 Å². The molecule has 0 saturated carbocycles. The molecule has 1 N–H and O–H groups in total. The second kappa shape index (κ2) is 6.21. The molecule has 0 aliphatic carbocycles. The summed E-state index contributed by atoms with van der Waals surface area (Å²) in [6.45, 7) is 3.96. The van der Waals surface area contributed by atoms with Crippen LogP contribution in [0.15, 0.2) is 16.9 Å². The third-order valence-electron chi connectivity index (χ3n) is 2.52. The van der Waals surface area contributed by atoms with E-state index < -0.39 is 0 Å². The molecule has 7 heteroatoms. The summed E-state index contributed by atoms with van der Waals surface area (Å²) in [6.07, 6.45) is 3.31. The Balaban J connectivity index is 2.16. The van der Waals surface area contributed by atoms with Crippen LogP contribution in [0, 0.1) is 6.92 Å². The van der Waals surface area contributed by atoms with Gasteiger partial charge in [0.15, 0.2) is 0 Å². The van der Waals surface area contributed by atoms with E-state index in [1.165, 1.54) is 0 Å². The molecule has 0 aliphatic rings. The largest absolute Gasteiger partial charge is 0.320 e. The van der Waals surface area contributed by atoms with Gasteiger partial charge in [0.25, 0.3) is 5.91 Å². The van der Waals surface area contributed by atoms with Gasteiger partial charge in [-0.15, -0.1) is 5.10 Å². The van der Waals surface area contributed by atoms with Crippen molar-refractivity contribution in [3.05, 3.63) is 33.0 Å². The van der Waals surface area contributed by atoms with Crippen molar-refractivity contribution in [3.8, 4) is 0 Å². The van der Waals surface area contributed by atoms with Gasteiger partial charge in [-0.05, 0) is 52.4 Å². The predicted octanol–water partition coefficient (Wildman–Crippen LogP) is 3.21. The van der Waals surface area contributed by atoms with Crippen molar-refractivity contribution in [1.82, 2.24) is 14.6 Å². The maximum absolute atomic E-state index is 12.1. The molecule has 0 aromatic carbocycles. The fourth-order valence-electron chi connectivity index (χ4n) is 1.60. The van der Waals surface area contributed by atoms with E-state index in [2.05, 4.69) is 35.8 Å². The van der Waals surface area contributed by atoms with Crippen LogP contribution < -0.4 is 5.32 Å². The lowest BCUT2D eigenvalue weighted by Gasteiger charge is -2.05. The molecule has 2 aromatic heterocycles. The highest BCUT2D eigenvalue weighted by atomic mass is 79.9. The number of carbonyl (C=O) groups excluding carboxylic acids is 1. The highest BCUT2D eigenvalue weighted by molar-refractivity contribution is 9.10. The molecule has 2 aromatic rings. The number of pyridine rings is 1. The van der Waals surface area contributed by atoms with Crippen molar-refractivity contribution in [3.63, 3.8) is 0 Å². The fraction of sp³-hybridized carbons (Fsp3) is 0.333. The predicted molar refractivity (Wildman–Crippen MR) is 78.5 cm³/mol. The molecule has 0 fully saturated rings. The summed E-state index contributed by atoms with van der Waals surface area (Å²) in [5, 5.41) is 6.80. The van der Waals surface area contributed by atoms with E-state index in [-0.39, 0.29) is 5.91 Å². The van der Waals surface area contributed by atoms with Gasteiger partial charge in [0.05, 0.1) is 17.6 Å². The number of hydrogen-bond donors (Lipinski definition) is 1.